The number of nitrogens with zero attached hydrogens (tertiary/aromatic N) is 3. The molecule has 0 aliphatic heterocycles. The highest BCUT2D eigenvalue weighted by atomic mass is 16.5. The van der Waals surface area contributed by atoms with Crippen LogP contribution in [-0.4, -0.2) is 20.8 Å². The van der Waals surface area contributed by atoms with E-state index in [-0.39, 0.29) is 11.8 Å². The Morgan fingerprint density at radius 1 is 1.45 bits per heavy atom. The summed E-state index contributed by atoms with van der Waals surface area (Å²) < 4.78 is 6.87. The summed E-state index contributed by atoms with van der Waals surface area (Å²) >= 11 is 0. The molecule has 2 rings (SSSR count). The molecule has 2 aromatic rings. The second-order valence-electron chi connectivity index (χ2n) is 5.19. The van der Waals surface area contributed by atoms with Crippen LogP contribution in [0, 0.1) is 20.8 Å². The molecule has 0 aromatic carbocycles. The molecule has 0 saturated carbocycles. The number of anilines is 1. The molecule has 2 heterocycles. The fraction of sp³-hybridized carbons (Fsp3) is 0.500. The van der Waals surface area contributed by atoms with Gasteiger partial charge in [0.15, 0.2) is 5.82 Å². The van der Waals surface area contributed by atoms with E-state index in [9.17, 15) is 4.79 Å². The molecule has 6 nitrogen and oxygen atoms in total. The van der Waals surface area contributed by atoms with E-state index in [1.807, 2.05) is 40.8 Å². The first-order valence-electron chi connectivity index (χ1n) is 6.61. The van der Waals surface area contributed by atoms with Crippen molar-refractivity contribution in [3.63, 3.8) is 0 Å². The lowest BCUT2D eigenvalue weighted by Crippen LogP contribution is -2.15. The van der Waals surface area contributed by atoms with Gasteiger partial charge in [-0.3, -0.25) is 9.48 Å². The highest BCUT2D eigenvalue weighted by Gasteiger charge is 2.19. The van der Waals surface area contributed by atoms with Crippen LogP contribution in [0.5, 0.6) is 0 Å². The molecular formula is C14H20N4O2. The number of aromatic nitrogens is 3. The zero-order chi connectivity index (χ0) is 14.9. The summed E-state index contributed by atoms with van der Waals surface area (Å²) in [7, 11) is 1.84. The molecule has 0 saturated heterocycles. The van der Waals surface area contributed by atoms with Gasteiger partial charge >= 0.3 is 0 Å². The number of hydrogen-bond donors (Lipinski definition) is 1. The topological polar surface area (TPSA) is 73.0 Å². The number of aryl methyl sites for hydroxylation is 4. The second-order valence-corrected chi connectivity index (χ2v) is 5.19. The summed E-state index contributed by atoms with van der Waals surface area (Å²) in [5, 5.41) is 10.9. The average Bonchev–Trinajstić information content (AvgIpc) is 2.82. The van der Waals surface area contributed by atoms with Crippen LogP contribution in [0.3, 0.4) is 0 Å². The highest BCUT2D eigenvalue weighted by molar-refractivity contribution is 5.90. The Labute approximate surface area is 118 Å². The fourth-order valence-electron chi connectivity index (χ4n) is 2.39. The van der Waals surface area contributed by atoms with Gasteiger partial charge in [0, 0.05) is 30.8 Å². The smallest absolute Gasteiger partial charge is 0.226 e. The van der Waals surface area contributed by atoms with Gasteiger partial charge in [-0.05, 0) is 26.7 Å². The molecule has 1 atom stereocenters. The van der Waals surface area contributed by atoms with E-state index in [4.69, 9.17) is 4.52 Å². The minimum Gasteiger partial charge on any atom is -0.361 e. The third-order valence-electron chi connectivity index (χ3n) is 3.45. The zero-order valence-electron chi connectivity index (χ0n) is 12.5. The van der Waals surface area contributed by atoms with Crippen molar-refractivity contribution in [2.24, 2.45) is 7.05 Å². The Morgan fingerprint density at radius 2 is 2.15 bits per heavy atom. The molecule has 6 heteroatoms. The monoisotopic (exact) mass is 276 g/mol. The van der Waals surface area contributed by atoms with Crippen molar-refractivity contribution in [2.45, 2.75) is 40.0 Å². The van der Waals surface area contributed by atoms with Gasteiger partial charge in [-0.25, -0.2) is 0 Å². The minimum absolute atomic E-state index is 0.0596. The quantitative estimate of drug-likeness (QED) is 0.931. The van der Waals surface area contributed by atoms with Gasteiger partial charge in [0.1, 0.15) is 5.76 Å². The summed E-state index contributed by atoms with van der Waals surface area (Å²) in [6.45, 7) is 7.69. The minimum atomic E-state index is -0.0596. The molecule has 1 N–H and O–H groups in total. The molecule has 20 heavy (non-hydrogen) atoms. The highest BCUT2D eigenvalue weighted by Crippen LogP contribution is 2.26. The molecule has 0 fully saturated rings. The van der Waals surface area contributed by atoms with E-state index in [0.717, 1.165) is 22.7 Å². The third-order valence-corrected chi connectivity index (χ3v) is 3.45. The van der Waals surface area contributed by atoms with Gasteiger partial charge in [0.2, 0.25) is 5.91 Å². The van der Waals surface area contributed by atoms with Crippen LogP contribution in [0.4, 0.5) is 5.82 Å². The Balaban J connectivity index is 2.01. The van der Waals surface area contributed by atoms with Crippen LogP contribution in [0.1, 0.15) is 42.0 Å². The van der Waals surface area contributed by atoms with Crippen LogP contribution in [0.2, 0.25) is 0 Å². The van der Waals surface area contributed by atoms with Crippen LogP contribution in [0.15, 0.2) is 10.6 Å². The first kappa shape index (κ1) is 14.3. The van der Waals surface area contributed by atoms with Gasteiger partial charge in [-0.2, -0.15) is 5.10 Å². The Morgan fingerprint density at radius 3 is 2.65 bits per heavy atom. The maximum atomic E-state index is 12.0. The molecule has 1 unspecified atom stereocenters. The lowest BCUT2D eigenvalue weighted by atomic mass is 9.96. The van der Waals surface area contributed by atoms with E-state index < -0.39 is 0 Å². The Bertz CT molecular complexity index is 588. The normalized spacial score (nSPS) is 12.4. The van der Waals surface area contributed by atoms with E-state index in [1.165, 1.54) is 0 Å². The summed E-state index contributed by atoms with van der Waals surface area (Å²) in [6.07, 6.45) is 0.374. The molecule has 108 valence electrons. The molecule has 0 bridgehead atoms. The first-order valence-corrected chi connectivity index (χ1v) is 6.61. The van der Waals surface area contributed by atoms with E-state index in [0.29, 0.717) is 12.2 Å². The fourth-order valence-corrected chi connectivity index (χ4v) is 2.39. The number of nitrogens with one attached hydrogen (secondary N) is 1. The third kappa shape index (κ3) is 2.89. The zero-order valence-corrected chi connectivity index (χ0v) is 12.5. The van der Waals surface area contributed by atoms with Crippen LogP contribution >= 0.6 is 0 Å². The standard InChI is InChI=1S/C14H20N4O2/c1-8(14-10(3)17-20-11(14)4)6-13(19)15-12-7-9(2)18(5)16-12/h7-8H,6H2,1-5H3,(H,15,16,19). The Hall–Kier alpha value is -2.11. The Kier molecular flexibility index (Phi) is 3.92. The van der Waals surface area contributed by atoms with Gasteiger partial charge in [-0.15, -0.1) is 0 Å². The molecule has 0 aliphatic carbocycles. The molecule has 1 amide bonds. The summed E-state index contributed by atoms with van der Waals surface area (Å²) in [4.78, 5) is 12.0. The van der Waals surface area contributed by atoms with Crippen molar-refractivity contribution in [1.82, 2.24) is 14.9 Å². The summed E-state index contributed by atoms with van der Waals surface area (Å²) in [5.74, 6) is 1.36. The van der Waals surface area contributed by atoms with Crippen LogP contribution in [0.25, 0.3) is 0 Å². The van der Waals surface area contributed by atoms with E-state index in [1.54, 1.807) is 4.68 Å². The number of rotatable bonds is 4. The maximum absolute atomic E-state index is 12.0. The predicted molar refractivity (Wildman–Crippen MR) is 75.6 cm³/mol. The predicted octanol–water partition coefficient (Wildman–Crippen LogP) is 2.47. The first-order chi connectivity index (χ1) is 9.38. The number of carbonyl (C=O) groups excluding carboxylic acids is 1. The molecular weight excluding hydrogens is 256 g/mol. The van der Waals surface area contributed by atoms with Gasteiger partial charge < -0.3 is 9.84 Å². The lowest BCUT2D eigenvalue weighted by Gasteiger charge is -2.10. The summed E-state index contributed by atoms with van der Waals surface area (Å²) in [5.41, 5.74) is 2.85. The van der Waals surface area contributed by atoms with Crippen molar-refractivity contribution in [3.8, 4) is 0 Å². The molecule has 0 aliphatic rings. The van der Waals surface area contributed by atoms with Crippen molar-refractivity contribution in [2.75, 3.05) is 5.32 Å². The molecule has 0 spiro atoms. The van der Waals surface area contributed by atoms with E-state index in [2.05, 4.69) is 15.6 Å². The number of carbonyl (C=O) groups is 1. The molecule has 2 aromatic heterocycles. The maximum Gasteiger partial charge on any atom is 0.226 e. The van der Waals surface area contributed by atoms with Crippen molar-refractivity contribution < 1.29 is 9.32 Å². The average molecular weight is 276 g/mol. The SMILES string of the molecule is Cc1noc(C)c1C(C)CC(=O)Nc1cc(C)n(C)n1. The lowest BCUT2D eigenvalue weighted by molar-refractivity contribution is -0.116. The van der Waals surface area contributed by atoms with Gasteiger partial charge in [0.05, 0.1) is 5.69 Å². The van der Waals surface area contributed by atoms with Crippen molar-refractivity contribution in [3.05, 3.63) is 28.8 Å². The molecule has 0 radical (unpaired) electrons. The largest absolute Gasteiger partial charge is 0.361 e. The summed E-state index contributed by atoms with van der Waals surface area (Å²) in [6, 6.07) is 1.85. The van der Waals surface area contributed by atoms with Gasteiger partial charge in [-0.1, -0.05) is 12.1 Å². The van der Waals surface area contributed by atoms with Crippen molar-refractivity contribution >= 4 is 11.7 Å². The van der Waals surface area contributed by atoms with Gasteiger partial charge in [0.25, 0.3) is 0 Å². The van der Waals surface area contributed by atoms with Crippen LogP contribution < -0.4 is 5.32 Å². The number of hydrogen-bond acceptors (Lipinski definition) is 4. The van der Waals surface area contributed by atoms with E-state index >= 15 is 0 Å². The second kappa shape index (κ2) is 5.48. The number of amides is 1. The van der Waals surface area contributed by atoms with Crippen LogP contribution in [-0.2, 0) is 11.8 Å². The van der Waals surface area contributed by atoms with Crippen molar-refractivity contribution in [1.29, 1.82) is 0 Å².